The van der Waals surface area contributed by atoms with Crippen molar-refractivity contribution in [3.8, 4) is 0 Å². The van der Waals surface area contributed by atoms with Crippen LogP contribution in [-0.4, -0.2) is 33.1 Å². The fourth-order valence-corrected chi connectivity index (χ4v) is 2.61. The van der Waals surface area contributed by atoms with Gasteiger partial charge in [0.25, 0.3) is 5.91 Å². The molecule has 6 nitrogen and oxygen atoms in total. The molecule has 1 heterocycles. The monoisotopic (exact) mass is 299 g/mol. The first-order chi connectivity index (χ1) is 9.50. The maximum absolute atomic E-state index is 12.1. The van der Waals surface area contributed by atoms with E-state index in [1.165, 1.54) is 0 Å². The Morgan fingerprint density at radius 2 is 1.95 bits per heavy atom. The number of carboxylic acids is 1. The van der Waals surface area contributed by atoms with Crippen LogP contribution < -0.4 is 5.32 Å². The molecule has 1 rings (SSSR count). The average molecular weight is 299 g/mol. The lowest BCUT2D eigenvalue weighted by Crippen LogP contribution is -2.42. The molecule has 1 aromatic rings. The molecule has 0 aliphatic heterocycles. The molecule has 7 heteroatoms. The number of hydrogen-bond acceptors (Lipinski definition) is 5. The van der Waals surface area contributed by atoms with Gasteiger partial charge in [0.15, 0.2) is 0 Å². The summed E-state index contributed by atoms with van der Waals surface area (Å²) in [5, 5.41) is 16.0. The van der Waals surface area contributed by atoms with Crippen molar-refractivity contribution in [2.24, 2.45) is 5.41 Å². The van der Waals surface area contributed by atoms with E-state index in [0.29, 0.717) is 29.8 Å². The lowest BCUT2D eigenvalue weighted by Gasteiger charge is -2.26. The third kappa shape index (κ3) is 3.53. The maximum atomic E-state index is 12.1. The van der Waals surface area contributed by atoms with Crippen molar-refractivity contribution in [2.45, 2.75) is 46.5 Å². The van der Waals surface area contributed by atoms with Crippen molar-refractivity contribution in [3.05, 3.63) is 10.6 Å². The summed E-state index contributed by atoms with van der Waals surface area (Å²) in [7, 11) is 0. The molecule has 0 aliphatic rings. The predicted octanol–water partition coefficient (Wildman–Crippen LogP) is 2.11. The third-order valence-corrected chi connectivity index (χ3v) is 4.41. The Labute approximate surface area is 122 Å². The van der Waals surface area contributed by atoms with Crippen LogP contribution in [0.4, 0.5) is 0 Å². The van der Waals surface area contributed by atoms with Crippen LogP contribution in [0.2, 0.25) is 0 Å². The normalized spacial score (nSPS) is 11.3. The molecule has 112 valence electrons. The number of aromatic nitrogens is 2. The van der Waals surface area contributed by atoms with Crippen LogP contribution in [0.5, 0.6) is 0 Å². The minimum absolute atomic E-state index is 0.123. The van der Waals surface area contributed by atoms with Gasteiger partial charge in [-0.15, -0.1) is 5.10 Å². The number of aryl methyl sites for hydroxylation is 1. The second kappa shape index (κ2) is 7.33. The van der Waals surface area contributed by atoms with Crippen LogP contribution in [0.15, 0.2) is 0 Å². The van der Waals surface area contributed by atoms with E-state index in [1.54, 1.807) is 0 Å². The smallest absolute Gasteiger partial charge is 0.311 e. The lowest BCUT2D eigenvalue weighted by atomic mass is 9.82. The third-order valence-electron chi connectivity index (χ3n) is 3.64. The molecule has 2 N–H and O–H groups in total. The van der Waals surface area contributed by atoms with Crippen LogP contribution in [0.1, 0.15) is 55.4 Å². The van der Waals surface area contributed by atoms with Gasteiger partial charge < -0.3 is 10.4 Å². The molecule has 0 bridgehead atoms. The summed E-state index contributed by atoms with van der Waals surface area (Å²) in [6.07, 6.45) is 2.53. The molecule has 1 amide bonds. The van der Waals surface area contributed by atoms with Crippen molar-refractivity contribution >= 4 is 23.4 Å². The molecular formula is C13H21N3O3S. The van der Waals surface area contributed by atoms with E-state index in [2.05, 4.69) is 14.9 Å². The van der Waals surface area contributed by atoms with Crippen LogP contribution in [0.3, 0.4) is 0 Å². The predicted molar refractivity (Wildman–Crippen MR) is 76.9 cm³/mol. The van der Waals surface area contributed by atoms with Gasteiger partial charge in [-0.1, -0.05) is 31.7 Å². The molecule has 0 aliphatic carbocycles. The highest BCUT2D eigenvalue weighted by atomic mass is 32.1. The van der Waals surface area contributed by atoms with E-state index >= 15 is 0 Å². The zero-order chi connectivity index (χ0) is 15.2. The summed E-state index contributed by atoms with van der Waals surface area (Å²) in [6.45, 7) is 5.77. The van der Waals surface area contributed by atoms with Crippen molar-refractivity contribution in [3.63, 3.8) is 0 Å². The number of amides is 1. The standard InChI is InChI=1S/C13H21N3O3S/c1-4-7-9-10(20-16-15-9)11(17)14-8-13(5-2,6-3)12(18)19/h4-8H2,1-3H3,(H,14,17)(H,18,19). The molecule has 0 unspecified atom stereocenters. The number of nitrogens with zero attached hydrogens (tertiary/aromatic N) is 2. The Morgan fingerprint density at radius 1 is 1.30 bits per heavy atom. The van der Waals surface area contributed by atoms with E-state index in [-0.39, 0.29) is 12.5 Å². The van der Waals surface area contributed by atoms with E-state index in [9.17, 15) is 14.7 Å². The maximum Gasteiger partial charge on any atom is 0.311 e. The summed E-state index contributed by atoms with van der Waals surface area (Å²) in [6, 6.07) is 0. The molecule has 0 saturated carbocycles. The van der Waals surface area contributed by atoms with Crippen LogP contribution in [0.25, 0.3) is 0 Å². The van der Waals surface area contributed by atoms with Gasteiger partial charge >= 0.3 is 5.97 Å². The Kier molecular flexibility index (Phi) is 6.06. The number of rotatable bonds is 8. The zero-order valence-corrected chi connectivity index (χ0v) is 12.9. The van der Waals surface area contributed by atoms with Gasteiger partial charge in [-0.2, -0.15) is 0 Å². The Morgan fingerprint density at radius 3 is 2.45 bits per heavy atom. The van der Waals surface area contributed by atoms with Gasteiger partial charge in [-0.3, -0.25) is 9.59 Å². The Hall–Kier alpha value is -1.50. The van der Waals surface area contributed by atoms with Gasteiger partial charge in [0.05, 0.1) is 11.1 Å². The number of carbonyl (C=O) groups is 2. The van der Waals surface area contributed by atoms with Crippen molar-refractivity contribution < 1.29 is 14.7 Å². The number of carbonyl (C=O) groups excluding carboxylic acids is 1. The highest BCUT2D eigenvalue weighted by molar-refractivity contribution is 7.08. The molecule has 0 aromatic carbocycles. The fraction of sp³-hybridized carbons (Fsp3) is 0.692. The first-order valence-corrected chi connectivity index (χ1v) is 7.60. The van der Waals surface area contributed by atoms with Crippen LogP contribution in [0, 0.1) is 5.41 Å². The largest absolute Gasteiger partial charge is 0.481 e. The zero-order valence-electron chi connectivity index (χ0n) is 12.1. The number of aliphatic carboxylic acids is 1. The van der Waals surface area contributed by atoms with Gasteiger partial charge in [0.1, 0.15) is 4.88 Å². The SMILES string of the molecule is CCCc1nnsc1C(=O)NCC(CC)(CC)C(=O)O. The summed E-state index contributed by atoms with van der Waals surface area (Å²) in [4.78, 5) is 24.0. The van der Waals surface area contributed by atoms with Gasteiger partial charge in [-0.25, -0.2) is 0 Å². The molecule has 0 spiro atoms. The van der Waals surface area contributed by atoms with Crippen molar-refractivity contribution in [1.29, 1.82) is 0 Å². The Bertz CT molecular complexity index is 469. The second-order valence-electron chi connectivity index (χ2n) is 4.77. The topological polar surface area (TPSA) is 92.2 Å². The van der Waals surface area contributed by atoms with Crippen LogP contribution in [-0.2, 0) is 11.2 Å². The van der Waals surface area contributed by atoms with Crippen LogP contribution >= 0.6 is 11.5 Å². The number of carboxylic acid groups (broad SMARTS) is 1. The van der Waals surface area contributed by atoms with Crippen molar-refractivity contribution in [1.82, 2.24) is 14.9 Å². The Balaban J connectivity index is 2.75. The first-order valence-electron chi connectivity index (χ1n) is 6.83. The van der Waals surface area contributed by atoms with Gasteiger partial charge in [0.2, 0.25) is 0 Å². The summed E-state index contributed by atoms with van der Waals surface area (Å²) < 4.78 is 3.80. The van der Waals surface area contributed by atoms with E-state index < -0.39 is 11.4 Å². The second-order valence-corrected chi connectivity index (χ2v) is 5.53. The number of hydrogen-bond donors (Lipinski definition) is 2. The molecule has 0 radical (unpaired) electrons. The molecule has 0 saturated heterocycles. The minimum Gasteiger partial charge on any atom is -0.481 e. The minimum atomic E-state index is -0.904. The quantitative estimate of drug-likeness (QED) is 0.767. The summed E-state index contributed by atoms with van der Waals surface area (Å²) >= 11 is 1.05. The van der Waals surface area contributed by atoms with E-state index in [0.717, 1.165) is 18.0 Å². The first kappa shape index (κ1) is 16.6. The average Bonchev–Trinajstić information content (AvgIpc) is 2.88. The molecular weight excluding hydrogens is 278 g/mol. The highest BCUT2D eigenvalue weighted by Crippen LogP contribution is 2.26. The molecule has 20 heavy (non-hydrogen) atoms. The summed E-state index contributed by atoms with van der Waals surface area (Å²) in [5.41, 5.74) is -0.220. The molecule has 0 fully saturated rings. The summed E-state index contributed by atoms with van der Waals surface area (Å²) in [5.74, 6) is -1.16. The van der Waals surface area contributed by atoms with Gasteiger partial charge in [0, 0.05) is 6.54 Å². The number of nitrogens with one attached hydrogen (secondary N) is 1. The van der Waals surface area contributed by atoms with E-state index in [1.807, 2.05) is 20.8 Å². The molecule has 1 aromatic heterocycles. The fourth-order valence-electron chi connectivity index (χ4n) is 1.99. The lowest BCUT2D eigenvalue weighted by molar-refractivity contribution is -0.149. The van der Waals surface area contributed by atoms with Crippen molar-refractivity contribution in [2.75, 3.05) is 6.54 Å². The molecule has 0 atom stereocenters. The van der Waals surface area contributed by atoms with Gasteiger partial charge in [-0.05, 0) is 30.8 Å². The van der Waals surface area contributed by atoms with E-state index in [4.69, 9.17) is 0 Å². The highest BCUT2D eigenvalue weighted by Gasteiger charge is 2.35.